The second kappa shape index (κ2) is 8.11. The summed E-state index contributed by atoms with van der Waals surface area (Å²) in [6.07, 6.45) is 1.38. The van der Waals surface area contributed by atoms with E-state index in [9.17, 15) is 4.79 Å². The zero-order valence-electron chi connectivity index (χ0n) is 14.7. The fourth-order valence-corrected chi connectivity index (χ4v) is 2.44. The molecular formula is C20H20N4O2. The Balaban J connectivity index is 1.66. The molecule has 132 valence electrons. The molecule has 0 unspecified atom stereocenters. The average molecular weight is 348 g/mol. The number of aryl methyl sites for hydroxylation is 1. The Kier molecular flexibility index (Phi) is 5.43. The molecule has 3 aromatic rings. The minimum Gasteiger partial charge on any atom is -0.497 e. The van der Waals surface area contributed by atoms with Crippen LogP contribution in [0.2, 0.25) is 0 Å². The summed E-state index contributed by atoms with van der Waals surface area (Å²) in [5.74, 6) is 1.03. The van der Waals surface area contributed by atoms with E-state index in [1.165, 1.54) is 17.5 Å². The number of carbonyl (C=O) groups excluding carboxylic acids is 1. The molecule has 3 rings (SSSR count). The Labute approximate surface area is 152 Å². The number of aromatic nitrogens is 2. The molecule has 0 spiro atoms. The predicted octanol–water partition coefficient (Wildman–Crippen LogP) is 3.66. The van der Waals surface area contributed by atoms with Crippen LogP contribution < -0.4 is 15.4 Å². The number of anilines is 2. The molecule has 0 saturated heterocycles. The highest BCUT2D eigenvalue weighted by atomic mass is 16.5. The lowest BCUT2D eigenvalue weighted by molar-refractivity contribution is 0.102. The third-order valence-corrected chi connectivity index (χ3v) is 3.97. The molecule has 0 bridgehead atoms. The van der Waals surface area contributed by atoms with E-state index in [1.807, 2.05) is 12.1 Å². The summed E-state index contributed by atoms with van der Waals surface area (Å²) >= 11 is 0. The second-order valence-electron chi connectivity index (χ2n) is 5.75. The van der Waals surface area contributed by atoms with E-state index < -0.39 is 0 Å². The Morgan fingerprint density at radius 1 is 1.08 bits per heavy atom. The standard InChI is InChI=1S/C20H20N4O2/c1-14-5-3-4-6-15(14)12-21-19-11-18(22-13-23-19)20(25)24-16-7-9-17(26-2)10-8-16/h3-11,13H,12H2,1-2H3,(H,24,25)(H,21,22,23). The van der Waals surface area contributed by atoms with Crippen molar-refractivity contribution < 1.29 is 9.53 Å². The Bertz CT molecular complexity index is 894. The molecule has 1 aromatic heterocycles. The summed E-state index contributed by atoms with van der Waals surface area (Å²) < 4.78 is 5.10. The van der Waals surface area contributed by atoms with Crippen molar-refractivity contribution in [1.82, 2.24) is 9.97 Å². The first-order chi connectivity index (χ1) is 12.7. The van der Waals surface area contributed by atoms with Crippen molar-refractivity contribution in [2.24, 2.45) is 0 Å². The van der Waals surface area contributed by atoms with Crippen molar-refractivity contribution in [3.05, 3.63) is 77.7 Å². The summed E-state index contributed by atoms with van der Waals surface area (Å²) in [6, 6.07) is 16.9. The van der Waals surface area contributed by atoms with Crippen molar-refractivity contribution in [1.29, 1.82) is 0 Å². The van der Waals surface area contributed by atoms with Crippen LogP contribution in [0.5, 0.6) is 5.75 Å². The van der Waals surface area contributed by atoms with Gasteiger partial charge in [-0.05, 0) is 42.3 Å². The Hall–Kier alpha value is -3.41. The Morgan fingerprint density at radius 3 is 2.58 bits per heavy atom. The molecule has 6 heteroatoms. The van der Waals surface area contributed by atoms with E-state index in [-0.39, 0.29) is 5.91 Å². The molecule has 2 N–H and O–H groups in total. The average Bonchev–Trinajstić information content (AvgIpc) is 2.68. The molecule has 6 nitrogen and oxygen atoms in total. The normalized spacial score (nSPS) is 10.2. The summed E-state index contributed by atoms with van der Waals surface area (Å²) in [7, 11) is 1.60. The van der Waals surface area contributed by atoms with Crippen LogP contribution in [0.15, 0.2) is 60.9 Å². The highest BCUT2D eigenvalue weighted by molar-refractivity contribution is 6.03. The molecule has 0 aliphatic rings. The topological polar surface area (TPSA) is 76.1 Å². The van der Waals surface area contributed by atoms with Gasteiger partial charge in [-0.3, -0.25) is 4.79 Å². The molecule has 0 saturated carbocycles. The maximum absolute atomic E-state index is 12.4. The predicted molar refractivity (Wildman–Crippen MR) is 101 cm³/mol. The van der Waals surface area contributed by atoms with Crippen LogP contribution in [0.4, 0.5) is 11.5 Å². The summed E-state index contributed by atoms with van der Waals surface area (Å²) in [5, 5.41) is 6.04. The molecular weight excluding hydrogens is 328 g/mol. The van der Waals surface area contributed by atoms with E-state index in [1.54, 1.807) is 37.4 Å². The lowest BCUT2D eigenvalue weighted by Gasteiger charge is -2.09. The van der Waals surface area contributed by atoms with Crippen LogP contribution in [0.25, 0.3) is 0 Å². The summed E-state index contributed by atoms with van der Waals surface area (Å²) in [4.78, 5) is 20.6. The zero-order valence-corrected chi connectivity index (χ0v) is 14.7. The fraction of sp³-hybridized carbons (Fsp3) is 0.150. The van der Waals surface area contributed by atoms with Crippen molar-refractivity contribution >= 4 is 17.4 Å². The van der Waals surface area contributed by atoms with E-state index in [0.29, 0.717) is 23.7 Å². The maximum Gasteiger partial charge on any atom is 0.274 e. The minimum atomic E-state index is -0.295. The van der Waals surface area contributed by atoms with Gasteiger partial charge in [0.2, 0.25) is 0 Å². The monoisotopic (exact) mass is 348 g/mol. The quantitative estimate of drug-likeness (QED) is 0.711. The maximum atomic E-state index is 12.4. The third-order valence-electron chi connectivity index (χ3n) is 3.97. The fourth-order valence-electron chi connectivity index (χ4n) is 2.44. The zero-order chi connectivity index (χ0) is 18.4. The number of rotatable bonds is 6. The van der Waals surface area contributed by atoms with Gasteiger partial charge in [-0.15, -0.1) is 0 Å². The van der Waals surface area contributed by atoms with Gasteiger partial charge in [0.15, 0.2) is 0 Å². The SMILES string of the molecule is COc1ccc(NC(=O)c2cc(NCc3ccccc3C)ncn2)cc1. The van der Waals surface area contributed by atoms with Gasteiger partial charge in [-0.25, -0.2) is 9.97 Å². The molecule has 0 aliphatic carbocycles. The van der Waals surface area contributed by atoms with Crippen molar-refractivity contribution in [2.75, 3.05) is 17.7 Å². The number of nitrogens with one attached hydrogen (secondary N) is 2. The number of ether oxygens (including phenoxy) is 1. The first-order valence-electron chi connectivity index (χ1n) is 8.21. The van der Waals surface area contributed by atoms with Gasteiger partial charge in [0.25, 0.3) is 5.91 Å². The first kappa shape index (κ1) is 17.4. The van der Waals surface area contributed by atoms with Crippen LogP contribution in [0, 0.1) is 6.92 Å². The van der Waals surface area contributed by atoms with Crippen LogP contribution >= 0.6 is 0 Å². The minimum absolute atomic E-state index is 0.295. The second-order valence-corrected chi connectivity index (χ2v) is 5.75. The van der Waals surface area contributed by atoms with Crippen LogP contribution in [0.1, 0.15) is 21.6 Å². The van der Waals surface area contributed by atoms with E-state index >= 15 is 0 Å². The number of hydrogen-bond acceptors (Lipinski definition) is 5. The largest absolute Gasteiger partial charge is 0.497 e. The van der Waals surface area contributed by atoms with Crippen molar-refractivity contribution in [3.63, 3.8) is 0 Å². The van der Waals surface area contributed by atoms with Crippen molar-refractivity contribution in [3.8, 4) is 5.75 Å². The highest BCUT2D eigenvalue weighted by Gasteiger charge is 2.09. The highest BCUT2D eigenvalue weighted by Crippen LogP contribution is 2.16. The number of hydrogen-bond donors (Lipinski definition) is 2. The molecule has 2 aromatic carbocycles. The van der Waals surface area contributed by atoms with Crippen molar-refractivity contribution in [2.45, 2.75) is 13.5 Å². The smallest absolute Gasteiger partial charge is 0.274 e. The van der Waals surface area contributed by atoms with Crippen LogP contribution in [-0.4, -0.2) is 23.0 Å². The lowest BCUT2D eigenvalue weighted by atomic mass is 10.1. The van der Waals surface area contributed by atoms with E-state index in [4.69, 9.17) is 4.74 Å². The number of carbonyl (C=O) groups is 1. The van der Waals surface area contributed by atoms with Gasteiger partial charge in [-0.2, -0.15) is 0 Å². The summed E-state index contributed by atoms with van der Waals surface area (Å²) in [5.41, 5.74) is 3.34. The Morgan fingerprint density at radius 2 is 1.85 bits per heavy atom. The molecule has 0 atom stereocenters. The molecule has 1 heterocycles. The van der Waals surface area contributed by atoms with Crippen LogP contribution in [-0.2, 0) is 6.54 Å². The van der Waals surface area contributed by atoms with Crippen LogP contribution in [0.3, 0.4) is 0 Å². The third kappa shape index (κ3) is 4.36. The van der Waals surface area contributed by atoms with Gasteiger partial charge in [0.1, 0.15) is 23.6 Å². The molecule has 1 amide bonds. The number of amides is 1. The molecule has 26 heavy (non-hydrogen) atoms. The number of benzene rings is 2. The first-order valence-corrected chi connectivity index (χ1v) is 8.21. The molecule has 0 fully saturated rings. The summed E-state index contributed by atoms with van der Waals surface area (Å²) in [6.45, 7) is 2.69. The number of nitrogens with zero attached hydrogens (tertiary/aromatic N) is 2. The van der Waals surface area contributed by atoms with Gasteiger partial charge in [-0.1, -0.05) is 24.3 Å². The van der Waals surface area contributed by atoms with Gasteiger partial charge in [0, 0.05) is 18.3 Å². The van der Waals surface area contributed by atoms with Gasteiger partial charge >= 0.3 is 0 Å². The van der Waals surface area contributed by atoms with E-state index in [0.717, 1.165) is 5.75 Å². The molecule has 0 aliphatic heterocycles. The van der Waals surface area contributed by atoms with Gasteiger partial charge < -0.3 is 15.4 Å². The number of methoxy groups -OCH3 is 1. The molecule has 0 radical (unpaired) electrons. The van der Waals surface area contributed by atoms with E-state index in [2.05, 4.69) is 39.7 Å². The lowest BCUT2D eigenvalue weighted by Crippen LogP contribution is -2.14. The van der Waals surface area contributed by atoms with Gasteiger partial charge in [0.05, 0.1) is 7.11 Å².